The van der Waals surface area contributed by atoms with Gasteiger partial charge in [-0.25, -0.2) is 4.79 Å². The Morgan fingerprint density at radius 3 is 2.38 bits per heavy atom. The Kier molecular flexibility index (Phi) is 2.67. The van der Waals surface area contributed by atoms with Gasteiger partial charge in [-0.3, -0.25) is 9.59 Å². The van der Waals surface area contributed by atoms with E-state index in [0.29, 0.717) is 5.56 Å². The van der Waals surface area contributed by atoms with E-state index in [4.69, 9.17) is 19.9 Å². The van der Waals surface area contributed by atoms with Crippen LogP contribution in [0.15, 0.2) is 6.07 Å². The monoisotopic (exact) mass is 293 g/mol. The zero-order valence-corrected chi connectivity index (χ0v) is 11.0. The van der Waals surface area contributed by atoms with Gasteiger partial charge in [0.2, 0.25) is 5.75 Å². The van der Waals surface area contributed by atoms with E-state index in [1.54, 1.807) is 6.92 Å². The Hall–Kier alpha value is -2.61. The van der Waals surface area contributed by atoms with Gasteiger partial charge < -0.3 is 25.1 Å². The molecule has 1 atom stereocenters. The van der Waals surface area contributed by atoms with Crippen molar-refractivity contribution in [2.45, 2.75) is 25.4 Å². The van der Waals surface area contributed by atoms with E-state index in [-0.39, 0.29) is 22.9 Å². The maximum atomic E-state index is 12.0. The summed E-state index contributed by atoms with van der Waals surface area (Å²) in [6.07, 6.45) is -1.44. The van der Waals surface area contributed by atoms with Crippen LogP contribution in [0.1, 0.15) is 18.4 Å². The average Bonchev–Trinajstić information content (AvgIpc) is 2.36. The number of fused-ring (bicyclic) bond motifs is 2. The highest BCUT2D eigenvalue weighted by Crippen LogP contribution is 2.46. The van der Waals surface area contributed by atoms with Crippen LogP contribution in [-0.2, 0) is 14.4 Å². The van der Waals surface area contributed by atoms with Gasteiger partial charge in [-0.1, -0.05) is 0 Å². The maximum Gasteiger partial charge on any atom is 0.345 e. The molecule has 8 nitrogen and oxygen atoms in total. The second-order valence-corrected chi connectivity index (χ2v) is 4.97. The molecule has 0 aromatic heterocycles. The second kappa shape index (κ2) is 4.19. The number of anilines is 1. The topological polar surface area (TPSA) is 125 Å². The van der Waals surface area contributed by atoms with E-state index in [9.17, 15) is 19.5 Å². The Balaban J connectivity index is 2.31. The molecule has 0 radical (unpaired) electrons. The fraction of sp³-hybridized carbons (Fsp3) is 0.308. The highest BCUT2D eigenvalue weighted by molar-refractivity contribution is 5.96. The molecular formula is C13H11NO7. The molecule has 0 fully saturated rings. The predicted molar refractivity (Wildman–Crippen MR) is 66.7 cm³/mol. The number of benzene rings is 1. The number of nitrogens with two attached hydrogens (primary N) is 1. The molecule has 0 amide bonds. The zero-order chi connectivity index (χ0) is 15.4. The van der Waals surface area contributed by atoms with Crippen LogP contribution in [0.25, 0.3) is 0 Å². The van der Waals surface area contributed by atoms with Gasteiger partial charge in [0.25, 0.3) is 0 Å². The summed E-state index contributed by atoms with van der Waals surface area (Å²) >= 11 is 0. The summed E-state index contributed by atoms with van der Waals surface area (Å²) in [5.74, 6) is -3.33. The smallest absolute Gasteiger partial charge is 0.345 e. The molecule has 0 spiro atoms. The molecule has 21 heavy (non-hydrogen) atoms. The third kappa shape index (κ3) is 2.00. The first-order valence-electron chi connectivity index (χ1n) is 6.09. The first-order chi connectivity index (χ1) is 9.80. The number of aliphatic hydroxyl groups is 1. The lowest BCUT2D eigenvalue weighted by molar-refractivity contribution is -0.170. The highest BCUT2D eigenvalue weighted by atomic mass is 16.6. The summed E-state index contributed by atoms with van der Waals surface area (Å²) in [4.78, 5) is 35.7. The number of nitrogen functional groups attached to an aromatic ring is 1. The first kappa shape index (κ1) is 13.4. The summed E-state index contributed by atoms with van der Waals surface area (Å²) in [5.41, 5.74) is 4.01. The van der Waals surface area contributed by atoms with Crippen molar-refractivity contribution in [3.05, 3.63) is 11.6 Å². The molecule has 0 aliphatic carbocycles. The molecule has 1 unspecified atom stereocenters. The van der Waals surface area contributed by atoms with Crippen LogP contribution in [0.4, 0.5) is 5.69 Å². The SMILES string of the molecule is Cc1c(N)cc2c3c1OC(=O)CC(O)(CC(=O)O2)C(=O)O3. The third-order valence-electron chi connectivity index (χ3n) is 3.38. The number of hydrogen-bond acceptors (Lipinski definition) is 8. The van der Waals surface area contributed by atoms with Crippen LogP contribution < -0.4 is 19.9 Å². The minimum absolute atomic E-state index is 0.0971. The van der Waals surface area contributed by atoms with E-state index >= 15 is 0 Å². The molecule has 1 aromatic rings. The molecule has 3 rings (SSSR count). The van der Waals surface area contributed by atoms with Crippen LogP contribution >= 0.6 is 0 Å². The largest absolute Gasteiger partial charge is 0.422 e. The van der Waals surface area contributed by atoms with Gasteiger partial charge in [-0.05, 0) is 6.92 Å². The molecule has 0 saturated carbocycles. The molecule has 3 N–H and O–H groups in total. The molecular weight excluding hydrogens is 282 g/mol. The fourth-order valence-electron chi connectivity index (χ4n) is 2.20. The fourth-order valence-corrected chi connectivity index (χ4v) is 2.20. The molecule has 0 saturated heterocycles. The van der Waals surface area contributed by atoms with Crippen molar-refractivity contribution in [1.82, 2.24) is 0 Å². The summed E-state index contributed by atoms with van der Waals surface area (Å²) in [7, 11) is 0. The molecule has 2 aliphatic heterocycles. The van der Waals surface area contributed by atoms with E-state index in [1.165, 1.54) is 6.07 Å². The van der Waals surface area contributed by atoms with Gasteiger partial charge in [0.15, 0.2) is 17.1 Å². The van der Waals surface area contributed by atoms with Gasteiger partial charge >= 0.3 is 17.9 Å². The quantitative estimate of drug-likeness (QED) is 0.384. The zero-order valence-electron chi connectivity index (χ0n) is 11.0. The highest BCUT2D eigenvalue weighted by Gasteiger charge is 2.48. The van der Waals surface area contributed by atoms with Crippen molar-refractivity contribution in [3.63, 3.8) is 0 Å². The van der Waals surface area contributed by atoms with Gasteiger partial charge in [-0.15, -0.1) is 0 Å². The van der Waals surface area contributed by atoms with E-state index < -0.39 is 36.4 Å². The van der Waals surface area contributed by atoms with Crippen molar-refractivity contribution in [1.29, 1.82) is 0 Å². The number of rotatable bonds is 0. The Bertz CT molecular complexity index is 696. The molecule has 2 bridgehead atoms. The van der Waals surface area contributed by atoms with Gasteiger partial charge in [0.05, 0.1) is 12.8 Å². The number of ether oxygens (including phenoxy) is 3. The second-order valence-electron chi connectivity index (χ2n) is 4.97. The molecule has 110 valence electrons. The molecule has 2 heterocycles. The summed E-state index contributed by atoms with van der Waals surface area (Å²) in [6, 6.07) is 1.29. The van der Waals surface area contributed by atoms with Crippen molar-refractivity contribution >= 4 is 23.6 Å². The van der Waals surface area contributed by atoms with Crippen LogP contribution in [0.3, 0.4) is 0 Å². The van der Waals surface area contributed by atoms with Crippen LogP contribution in [0.2, 0.25) is 0 Å². The summed E-state index contributed by atoms with van der Waals surface area (Å²) in [6.45, 7) is 1.56. The number of esters is 3. The Labute approximate surface area is 118 Å². The summed E-state index contributed by atoms with van der Waals surface area (Å²) in [5, 5.41) is 10.2. The maximum absolute atomic E-state index is 12.0. The number of hydrogen-bond donors (Lipinski definition) is 2. The van der Waals surface area contributed by atoms with Crippen LogP contribution in [0, 0.1) is 6.92 Å². The van der Waals surface area contributed by atoms with Crippen LogP contribution in [-0.4, -0.2) is 28.6 Å². The van der Waals surface area contributed by atoms with Crippen molar-refractivity contribution in [3.8, 4) is 17.2 Å². The van der Waals surface area contributed by atoms with E-state index in [1.807, 2.05) is 0 Å². The third-order valence-corrected chi connectivity index (χ3v) is 3.38. The lowest BCUT2D eigenvalue weighted by atomic mass is 9.94. The average molecular weight is 293 g/mol. The van der Waals surface area contributed by atoms with Gasteiger partial charge in [-0.2, -0.15) is 0 Å². The minimum atomic E-state index is -2.31. The van der Waals surface area contributed by atoms with Gasteiger partial charge in [0.1, 0.15) is 0 Å². The number of carbonyl (C=O) groups is 3. The van der Waals surface area contributed by atoms with Crippen LogP contribution in [0.5, 0.6) is 17.2 Å². The number of carbonyl (C=O) groups excluding carboxylic acids is 3. The minimum Gasteiger partial charge on any atom is -0.422 e. The lowest BCUT2D eigenvalue weighted by Gasteiger charge is -2.30. The first-order valence-corrected chi connectivity index (χ1v) is 6.09. The van der Waals surface area contributed by atoms with Crippen molar-refractivity contribution < 1.29 is 33.7 Å². The molecule has 8 heteroatoms. The van der Waals surface area contributed by atoms with Gasteiger partial charge in [0, 0.05) is 17.3 Å². The molecule has 1 aromatic carbocycles. The van der Waals surface area contributed by atoms with E-state index in [0.717, 1.165) is 0 Å². The standard InChI is InChI=1S/C13H11NO7/c1-5-6(14)2-7-11-10(5)20-9(16)4-13(18,12(17)21-11)3-8(15)19-7/h2,18H,3-4,14H2,1H3. The lowest BCUT2D eigenvalue weighted by Crippen LogP contribution is -2.48. The van der Waals surface area contributed by atoms with Crippen molar-refractivity contribution in [2.75, 3.05) is 5.73 Å². The van der Waals surface area contributed by atoms with Crippen molar-refractivity contribution in [2.24, 2.45) is 0 Å². The Morgan fingerprint density at radius 1 is 1.10 bits per heavy atom. The Morgan fingerprint density at radius 2 is 1.71 bits per heavy atom. The summed E-state index contributed by atoms with van der Waals surface area (Å²) < 4.78 is 15.2. The predicted octanol–water partition coefficient (Wildman–Crippen LogP) is -0.168. The van der Waals surface area contributed by atoms with E-state index in [2.05, 4.69) is 0 Å². The molecule has 2 aliphatic rings. The normalized spacial score (nSPS) is 24.2.